The molecule has 0 heterocycles. The van der Waals surface area contributed by atoms with E-state index in [9.17, 15) is 24.3 Å². The fraction of sp³-hybridized carbons (Fsp3) is 0.667. The van der Waals surface area contributed by atoms with Gasteiger partial charge in [0.05, 0.1) is 18.4 Å². The van der Waals surface area contributed by atoms with Crippen LogP contribution in [0.15, 0.2) is 18.2 Å². The number of rotatable bonds is 16. The zero-order valence-electron chi connectivity index (χ0n) is 25.1. The first-order valence-corrected chi connectivity index (χ1v) is 14.1. The molecule has 0 bridgehead atoms. The maximum absolute atomic E-state index is 12.8. The number of carboxylic acids is 1. The molecule has 0 saturated carbocycles. The van der Waals surface area contributed by atoms with E-state index in [0.29, 0.717) is 5.56 Å². The summed E-state index contributed by atoms with van der Waals surface area (Å²) in [7, 11) is 0. The van der Waals surface area contributed by atoms with Crippen molar-refractivity contribution in [2.24, 2.45) is 29.4 Å². The Kier molecular flexibility index (Phi) is 14.7. The Hall–Kier alpha value is -3.14. The maximum atomic E-state index is 12.8. The molecule has 4 unspecified atom stereocenters. The van der Waals surface area contributed by atoms with Gasteiger partial charge in [0, 0.05) is 5.92 Å². The van der Waals surface area contributed by atoms with E-state index in [-0.39, 0.29) is 36.4 Å². The van der Waals surface area contributed by atoms with E-state index >= 15 is 0 Å². The summed E-state index contributed by atoms with van der Waals surface area (Å²) in [5.74, 6) is -3.93. The first-order chi connectivity index (χ1) is 18.7. The molecule has 40 heavy (non-hydrogen) atoms. The molecule has 1 aromatic carbocycles. The molecule has 0 aliphatic carbocycles. The van der Waals surface area contributed by atoms with Gasteiger partial charge in [-0.1, -0.05) is 67.4 Å². The first-order valence-electron chi connectivity index (χ1n) is 14.1. The minimum Gasteiger partial charge on any atom is -0.480 e. The van der Waals surface area contributed by atoms with Crippen LogP contribution < -0.4 is 15.2 Å². The number of esters is 2. The summed E-state index contributed by atoms with van der Waals surface area (Å²) in [6.45, 7) is 14.9. The summed E-state index contributed by atoms with van der Waals surface area (Å²) in [6, 6.07) is 3.11. The van der Waals surface area contributed by atoms with Crippen molar-refractivity contribution in [2.75, 3.05) is 6.61 Å². The molecule has 0 spiro atoms. The Morgan fingerprint density at radius 2 is 1.40 bits per heavy atom. The van der Waals surface area contributed by atoms with E-state index in [1.165, 1.54) is 12.1 Å². The highest BCUT2D eigenvalue weighted by Gasteiger charge is 2.31. The second-order valence-corrected chi connectivity index (χ2v) is 11.1. The van der Waals surface area contributed by atoms with Crippen LogP contribution in [-0.4, -0.2) is 47.9 Å². The fourth-order valence-corrected chi connectivity index (χ4v) is 3.64. The number of benzene rings is 1. The number of nitrogens with two attached hydrogens (primary N) is 1. The number of carbonyl (C=O) groups excluding carboxylic acids is 3. The molecule has 0 amide bonds. The van der Waals surface area contributed by atoms with Gasteiger partial charge in [0.2, 0.25) is 0 Å². The fourth-order valence-electron chi connectivity index (χ4n) is 3.64. The van der Waals surface area contributed by atoms with Crippen LogP contribution in [0.2, 0.25) is 0 Å². The van der Waals surface area contributed by atoms with Gasteiger partial charge < -0.3 is 29.8 Å². The van der Waals surface area contributed by atoms with Crippen LogP contribution in [0.1, 0.15) is 92.6 Å². The monoisotopic (exact) mass is 565 g/mol. The van der Waals surface area contributed by atoms with Crippen LogP contribution in [0.4, 0.5) is 4.79 Å². The first kappa shape index (κ1) is 34.9. The summed E-state index contributed by atoms with van der Waals surface area (Å²) in [4.78, 5) is 49.5. The summed E-state index contributed by atoms with van der Waals surface area (Å²) in [6.07, 6.45) is 1.10. The van der Waals surface area contributed by atoms with Gasteiger partial charge in [-0.3, -0.25) is 14.4 Å². The van der Waals surface area contributed by atoms with Gasteiger partial charge in [-0.2, -0.15) is 0 Å². The quantitative estimate of drug-likeness (QED) is 0.145. The van der Waals surface area contributed by atoms with Gasteiger partial charge in [-0.05, 0) is 49.3 Å². The Balaban J connectivity index is 3.32. The smallest absolute Gasteiger partial charge is 0.480 e. The van der Waals surface area contributed by atoms with E-state index in [1.807, 2.05) is 34.6 Å². The third kappa shape index (κ3) is 11.2. The van der Waals surface area contributed by atoms with E-state index in [0.717, 1.165) is 19.3 Å². The van der Waals surface area contributed by atoms with Gasteiger partial charge in [0.15, 0.2) is 11.5 Å². The molecule has 1 aromatic rings. The van der Waals surface area contributed by atoms with Gasteiger partial charge in [0.25, 0.3) is 0 Å². The topological polar surface area (TPSA) is 151 Å². The minimum absolute atomic E-state index is 0.00412. The van der Waals surface area contributed by atoms with E-state index < -0.39 is 54.0 Å². The van der Waals surface area contributed by atoms with Crippen LogP contribution in [0, 0.1) is 23.7 Å². The number of ether oxygens (including phenoxy) is 4. The van der Waals surface area contributed by atoms with Crippen molar-refractivity contribution in [1.29, 1.82) is 0 Å². The molecule has 226 valence electrons. The van der Waals surface area contributed by atoms with Crippen LogP contribution in [0.25, 0.3) is 0 Å². The van der Waals surface area contributed by atoms with Crippen LogP contribution >= 0.6 is 0 Å². The lowest BCUT2D eigenvalue weighted by atomic mass is 9.87. The Morgan fingerprint density at radius 1 is 0.850 bits per heavy atom. The molecule has 1 rings (SSSR count). The summed E-state index contributed by atoms with van der Waals surface area (Å²) in [5, 5.41) is 9.70. The molecular weight excluding hydrogens is 518 g/mol. The standard InChI is InChI=1S/C30H47NO9/c1-9-10-11-14-37-30(36)38-19(6)15-23(26(31)27(32)33)22-12-13-24(39-28(34)20(7)17(2)3)25(16-22)40-29(35)21(8)18(4)5/h12-13,16-21,23,26H,9-11,14-15,31H2,1-8H3,(H,32,33)/t19?,20?,21?,23?,26-/m0/s1. The van der Waals surface area contributed by atoms with Crippen LogP contribution in [-0.2, 0) is 23.9 Å². The molecule has 0 aliphatic rings. The van der Waals surface area contributed by atoms with Crippen molar-refractivity contribution >= 4 is 24.1 Å². The molecule has 0 aromatic heterocycles. The number of aliphatic carboxylic acids is 1. The zero-order chi connectivity index (χ0) is 30.6. The number of unbranched alkanes of at least 4 members (excludes halogenated alkanes) is 2. The summed E-state index contributed by atoms with van der Waals surface area (Å²) >= 11 is 0. The predicted octanol–water partition coefficient (Wildman–Crippen LogP) is 5.70. The van der Waals surface area contributed by atoms with Crippen molar-refractivity contribution in [3.8, 4) is 11.5 Å². The van der Waals surface area contributed by atoms with Crippen molar-refractivity contribution in [1.82, 2.24) is 0 Å². The second kappa shape index (κ2) is 16.8. The highest BCUT2D eigenvalue weighted by atomic mass is 16.7. The number of carbonyl (C=O) groups is 4. The Morgan fingerprint density at radius 3 is 1.90 bits per heavy atom. The third-order valence-corrected chi connectivity index (χ3v) is 7.13. The van der Waals surface area contributed by atoms with E-state index in [4.69, 9.17) is 24.7 Å². The molecule has 0 radical (unpaired) electrons. The average molecular weight is 566 g/mol. The van der Waals surface area contributed by atoms with Crippen LogP contribution in [0.5, 0.6) is 11.5 Å². The molecule has 3 N–H and O–H groups in total. The molecule has 0 saturated heterocycles. The Bertz CT molecular complexity index is 991. The SMILES string of the molecule is CCCCCOC(=O)OC(C)CC(c1ccc(OC(=O)C(C)C(C)C)c(OC(=O)C(C)C(C)C)c1)[C@H](N)C(=O)O. The predicted molar refractivity (Wildman–Crippen MR) is 150 cm³/mol. The van der Waals surface area contributed by atoms with Crippen molar-refractivity contribution in [3.05, 3.63) is 23.8 Å². The van der Waals surface area contributed by atoms with Gasteiger partial charge >= 0.3 is 24.1 Å². The minimum atomic E-state index is -1.36. The lowest BCUT2D eigenvalue weighted by molar-refractivity contribution is -0.142. The lowest BCUT2D eigenvalue weighted by Crippen LogP contribution is -2.38. The van der Waals surface area contributed by atoms with Crippen molar-refractivity contribution in [2.45, 2.75) is 99.1 Å². The summed E-state index contributed by atoms with van der Waals surface area (Å²) in [5.41, 5.74) is 6.47. The van der Waals surface area contributed by atoms with Crippen molar-refractivity contribution in [3.63, 3.8) is 0 Å². The zero-order valence-corrected chi connectivity index (χ0v) is 25.1. The third-order valence-electron chi connectivity index (χ3n) is 7.13. The molecule has 5 atom stereocenters. The summed E-state index contributed by atoms with van der Waals surface area (Å²) < 4.78 is 21.7. The maximum Gasteiger partial charge on any atom is 0.508 e. The van der Waals surface area contributed by atoms with E-state index in [1.54, 1.807) is 26.8 Å². The number of hydrogen-bond donors (Lipinski definition) is 2. The number of hydrogen-bond acceptors (Lipinski definition) is 9. The van der Waals surface area contributed by atoms with Gasteiger partial charge in [-0.15, -0.1) is 0 Å². The molecule has 0 aliphatic heterocycles. The Labute approximate surface area is 237 Å². The van der Waals surface area contributed by atoms with E-state index in [2.05, 4.69) is 0 Å². The van der Waals surface area contributed by atoms with Crippen LogP contribution in [0.3, 0.4) is 0 Å². The molecule has 0 fully saturated rings. The van der Waals surface area contributed by atoms with Crippen molar-refractivity contribution < 1.29 is 43.2 Å². The molecule has 10 heteroatoms. The van der Waals surface area contributed by atoms with Gasteiger partial charge in [0.1, 0.15) is 12.1 Å². The highest BCUT2D eigenvalue weighted by molar-refractivity contribution is 5.79. The second-order valence-electron chi connectivity index (χ2n) is 11.1. The highest BCUT2D eigenvalue weighted by Crippen LogP contribution is 2.36. The van der Waals surface area contributed by atoms with Gasteiger partial charge in [-0.25, -0.2) is 4.79 Å². The average Bonchev–Trinajstić information content (AvgIpc) is 2.89. The lowest BCUT2D eigenvalue weighted by Gasteiger charge is -2.25. The normalized spacial score (nSPS) is 15.1. The largest absolute Gasteiger partial charge is 0.508 e. The number of carboxylic acid groups (broad SMARTS) is 1. The molecular formula is C30H47NO9. The molecule has 10 nitrogen and oxygen atoms in total.